The normalized spacial score (nSPS) is 10.7. The summed E-state index contributed by atoms with van der Waals surface area (Å²) >= 11 is 9.48. The van der Waals surface area contributed by atoms with Gasteiger partial charge in [0.1, 0.15) is 0 Å². The van der Waals surface area contributed by atoms with Crippen LogP contribution < -0.4 is 5.32 Å². The van der Waals surface area contributed by atoms with Crippen LogP contribution in [-0.4, -0.2) is 24.4 Å². The number of rotatable bonds is 5. The molecule has 0 saturated carbocycles. The molecule has 3 nitrogen and oxygen atoms in total. The molecule has 0 aromatic heterocycles. The minimum atomic E-state index is -0.0492. The lowest BCUT2D eigenvalue weighted by atomic mass is 10.2. The lowest BCUT2D eigenvalue weighted by Crippen LogP contribution is -2.29. The molecule has 0 aliphatic rings. The van der Waals surface area contributed by atoms with Crippen molar-refractivity contribution in [2.45, 2.75) is 6.54 Å². The zero-order chi connectivity index (χ0) is 15.2. The molecule has 5 heteroatoms. The Bertz CT molecular complexity index is 616. The van der Waals surface area contributed by atoms with Crippen molar-refractivity contribution in [2.24, 2.45) is 0 Å². The highest BCUT2D eigenvalue weighted by Crippen LogP contribution is 2.17. The average Bonchev–Trinajstić information content (AvgIpc) is 2.44. The van der Waals surface area contributed by atoms with E-state index in [1.807, 2.05) is 60.5 Å². The number of nitrogens with one attached hydrogen (secondary N) is 1. The molecule has 21 heavy (non-hydrogen) atoms. The molecule has 1 amide bonds. The summed E-state index contributed by atoms with van der Waals surface area (Å²) < 4.78 is 0.983. The fourth-order valence-electron chi connectivity index (χ4n) is 1.95. The lowest BCUT2D eigenvalue weighted by Gasteiger charge is -2.17. The first kappa shape index (κ1) is 16.0. The molecule has 0 unspecified atom stereocenters. The minimum Gasteiger partial charge on any atom is -0.325 e. The molecular weight excluding hydrogens is 352 g/mol. The Hall–Kier alpha value is -1.36. The van der Waals surface area contributed by atoms with Crippen LogP contribution in [-0.2, 0) is 11.3 Å². The van der Waals surface area contributed by atoms with E-state index in [1.165, 1.54) is 0 Å². The van der Waals surface area contributed by atoms with E-state index in [0.717, 1.165) is 20.7 Å². The monoisotopic (exact) mass is 366 g/mol. The summed E-state index contributed by atoms with van der Waals surface area (Å²) in [6.45, 7) is 0.939. The third-order valence-corrected chi connectivity index (χ3v) is 3.84. The Labute approximate surface area is 138 Å². The summed E-state index contributed by atoms with van der Waals surface area (Å²) in [5.74, 6) is -0.0492. The number of carbonyl (C=O) groups excluding carboxylic acids is 1. The van der Waals surface area contributed by atoms with Gasteiger partial charge in [-0.15, -0.1) is 0 Å². The molecule has 2 rings (SSSR count). The van der Waals surface area contributed by atoms with E-state index < -0.39 is 0 Å². The van der Waals surface area contributed by atoms with Gasteiger partial charge in [0.25, 0.3) is 0 Å². The second kappa shape index (κ2) is 7.59. The van der Waals surface area contributed by atoms with E-state index in [4.69, 9.17) is 11.6 Å². The number of nitrogens with zero attached hydrogens (tertiary/aromatic N) is 1. The Morgan fingerprint density at radius 2 is 1.86 bits per heavy atom. The fraction of sp³-hybridized carbons (Fsp3) is 0.188. The van der Waals surface area contributed by atoms with E-state index >= 15 is 0 Å². The van der Waals surface area contributed by atoms with Crippen LogP contribution in [0, 0.1) is 0 Å². The van der Waals surface area contributed by atoms with Gasteiger partial charge < -0.3 is 5.32 Å². The first-order valence-electron chi connectivity index (χ1n) is 6.52. The van der Waals surface area contributed by atoms with Crippen LogP contribution in [0.25, 0.3) is 0 Å². The lowest BCUT2D eigenvalue weighted by molar-refractivity contribution is -0.117. The van der Waals surface area contributed by atoms with Crippen molar-refractivity contribution in [1.82, 2.24) is 4.90 Å². The predicted molar refractivity (Wildman–Crippen MR) is 90.6 cm³/mol. The minimum absolute atomic E-state index is 0.0492. The summed E-state index contributed by atoms with van der Waals surface area (Å²) in [5.41, 5.74) is 1.80. The maximum atomic E-state index is 12.0. The number of anilines is 1. The van der Waals surface area contributed by atoms with E-state index in [-0.39, 0.29) is 5.91 Å². The SMILES string of the molecule is CN(CC(=O)Nc1ccc(Br)cc1)Cc1ccccc1Cl. The molecular formula is C16H16BrClN2O. The molecule has 1 N–H and O–H groups in total. The molecule has 0 spiro atoms. The highest BCUT2D eigenvalue weighted by molar-refractivity contribution is 9.10. The number of benzene rings is 2. The van der Waals surface area contributed by atoms with Crippen LogP contribution in [0.3, 0.4) is 0 Å². The Kier molecular flexibility index (Phi) is 5.79. The van der Waals surface area contributed by atoms with Gasteiger partial charge in [-0.05, 0) is 42.9 Å². The van der Waals surface area contributed by atoms with Gasteiger partial charge in [-0.25, -0.2) is 0 Å². The molecule has 0 heterocycles. The van der Waals surface area contributed by atoms with Gasteiger partial charge in [0.15, 0.2) is 0 Å². The summed E-state index contributed by atoms with van der Waals surface area (Å²) in [7, 11) is 1.89. The summed E-state index contributed by atoms with van der Waals surface area (Å²) in [4.78, 5) is 13.9. The highest BCUT2D eigenvalue weighted by Gasteiger charge is 2.09. The Morgan fingerprint density at radius 1 is 1.19 bits per heavy atom. The Morgan fingerprint density at radius 3 is 2.52 bits per heavy atom. The van der Waals surface area contributed by atoms with Crippen molar-refractivity contribution in [1.29, 1.82) is 0 Å². The number of likely N-dealkylation sites (N-methyl/N-ethyl adjacent to an activating group) is 1. The number of amides is 1. The van der Waals surface area contributed by atoms with Crippen molar-refractivity contribution < 1.29 is 4.79 Å². The fourth-order valence-corrected chi connectivity index (χ4v) is 2.41. The topological polar surface area (TPSA) is 32.3 Å². The van der Waals surface area contributed by atoms with Gasteiger partial charge in [-0.3, -0.25) is 9.69 Å². The van der Waals surface area contributed by atoms with E-state index in [1.54, 1.807) is 0 Å². The maximum absolute atomic E-state index is 12.0. The molecule has 0 aliphatic carbocycles. The number of halogens is 2. The van der Waals surface area contributed by atoms with Crippen molar-refractivity contribution >= 4 is 39.1 Å². The van der Waals surface area contributed by atoms with Crippen LogP contribution in [0.5, 0.6) is 0 Å². The van der Waals surface area contributed by atoms with Crippen molar-refractivity contribution in [2.75, 3.05) is 18.9 Å². The third-order valence-electron chi connectivity index (χ3n) is 2.94. The molecule has 0 radical (unpaired) electrons. The van der Waals surface area contributed by atoms with Gasteiger partial charge in [0.2, 0.25) is 5.91 Å². The molecule has 0 atom stereocenters. The first-order valence-corrected chi connectivity index (χ1v) is 7.69. The molecule has 110 valence electrons. The first-order chi connectivity index (χ1) is 10.0. The molecule has 0 aliphatic heterocycles. The summed E-state index contributed by atoms with van der Waals surface area (Å²) in [5, 5.41) is 3.59. The largest absolute Gasteiger partial charge is 0.325 e. The van der Waals surface area contributed by atoms with Crippen LogP contribution in [0.1, 0.15) is 5.56 Å². The van der Waals surface area contributed by atoms with E-state index in [0.29, 0.717) is 13.1 Å². The smallest absolute Gasteiger partial charge is 0.238 e. The quantitative estimate of drug-likeness (QED) is 0.860. The van der Waals surface area contributed by atoms with Gasteiger partial charge in [-0.2, -0.15) is 0 Å². The number of hydrogen-bond acceptors (Lipinski definition) is 2. The Balaban J connectivity index is 1.87. The van der Waals surface area contributed by atoms with E-state index in [9.17, 15) is 4.79 Å². The second-order valence-electron chi connectivity index (χ2n) is 4.82. The van der Waals surface area contributed by atoms with Crippen molar-refractivity contribution in [3.63, 3.8) is 0 Å². The third kappa shape index (κ3) is 5.16. The van der Waals surface area contributed by atoms with Crippen LogP contribution in [0.4, 0.5) is 5.69 Å². The molecule has 2 aromatic carbocycles. The molecule has 0 fully saturated rings. The summed E-state index contributed by atoms with van der Waals surface area (Å²) in [6, 6.07) is 15.2. The van der Waals surface area contributed by atoms with Crippen LogP contribution >= 0.6 is 27.5 Å². The van der Waals surface area contributed by atoms with Gasteiger partial charge >= 0.3 is 0 Å². The van der Waals surface area contributed by atoms with Crippen molar-refractivity contribution in [3.8, 4) is 0 Å². The molecule has 0 bridgehead atoms. The van der Waals surface area contributed by atoms with Crippen LogP contribution in [0.2, 0.25) is 5.02 Å². The van der Waals surface area contributed by atoms with E-state index in [2.05, 4.69) is 21.2 Å². The number of hydrogen-bond donors (Lipinski definition) is 1. The predicted octanol–water partition coefficient (Wildman–Crippen LogP) is 4.17. The number of carbonyl (C=O) groups is 1. The summed E-state index contributed by atoms with van der Waals surface area (Å²) in [6.07, 6.45) is 0. The van der Waals surface area contributed by atoms with Gasteiger partial charge in [0, 0.05) is 21.7 Å². The standard InChI is InChI=1S/C16H16BrClN2O/c1-20(10-12-4-2-3-5-15(12)18)11-16(21)19-14-8-6-13(17)7-9-14/h2-9H,10-11H2,1H3,(H,19,21). The second-order valence-corrected chi connectivity index (χ2v) is 6.14. The maximum Gasteiger partial charge on any atom is 0.238 e. The highest BCUT2D eigenvalue weighted by atomic mass is 79.9. The van der Waals surface area contributed by atoms with Gasteiger partial charge in [0.05, 0.1) is 6.54 Å². The molecule has 0 saturated heterocycles. The van der Waals surface area contributed by atoms with Crippen LogP contribution in [0.15, 0.2) is 53.0 Å². The average molecular weight is 368 g/mol. The molecule has 2 aromatic rings. The van der Waals surface area contributed by atoms with Gasteiger partial charge in [-0.1, -0.05) is 45.7 Å². The zero-order valence-corrected chi connectivity index (χ0v) is 14.0. The van der Waals surface area contributed by atoms with Crippen molar-refractivity contribution in [3.05, 3.63) is 63.6 Å². The zero-order valence-electron chi connectivity index (χ0n) is 11.6.